The predicted molar refractivity (Wildman–Crippen MR) is 84.4 cm³/mol. The van der Waals surface area contributed by atoms with Crippen LogP contribution in [0.2, 0.25) is 0 Å². The molecule has 2 N–H and O–H groups in total. The van der Waals surface area contributed by atoms with Gasteiger partial charge in [-0.3, -0.25) is 0 Å². The van der Waals surface area contributed by atoms with Gasteiger partial charge in [-0.1, -0.05) is 25.0 Å². The Bertz CT molecular complexity index is 567. The monoisotopic (exact) mass is 268 g/mol. The van der Waals surface area contributed by atoms with E-state index in [0.717, 1.165) is 6.54 Å². The minimum atomic E-state index is 0.235. The van der Waals surface area contributed by atoms with Gasteiger partial charge in [0.25, 0.3) is 0 Å². The zero-order valence-electron chi connectivity index (χ0n) is 12.5. The van der Waals surface area contributed by atoms with Crippen LogP contribution in [0.1, 0.15) is 42.6 Å². The van der Waals surface area contributed by atoms with Crippen molar-refractivity contribution in [2.24, 2.45) is 5.73 Å². The van der Waals surface area contributed by atoms with Crippen molar-refractivity contribution in [3.05, 3.63) is 53.3 Å². The summed E-state index contributed by atoms with van der Waals surface area (Å²) in [6.45, 7) is 5.08. The first kappa shape index (κ1) is 13.4. The molecule has 0 atom stereocenters. The lowest BCUT2D eigenvalue weighted by Gasteiger charge is -2.28. The molecule has 0 amide bonds. The fourth-order valence-electron chi connectivity index (χ4n) is 3.70. The van der Waals surface area contributed by atoms with E-state index in [1.165, 1.54) is 48.3 Å². The summed E-state index contributed by atoms with van der Waals surface area (Å²) in [4.78, 5) is 0. The Morgan fingerprint density at radius 3 is 2.00 bits per heavy atom. The zero-order chi connectivity index (χ0) is 14.2. The highest BCUT2D eigenvalue weighted by Gasteiger charge is 2.33. The van der Waals surface area contributed by atoms with Gasteiger partial charge in [-0.05, 0) is 56.5 Å². The molecule has 2 nitrogen and oxygen atoms in total. The molecule has 0 unspecified atom stereocenters. The summed E-state index contributed by atoms with van der Waals surface area (Å²) in [6.07, 6.45) is 5.11. The first-order valence-corrected chi connectivity index (χ1v) is 7.62. The fraction of sp³-hybridized carbons (Fsp3) is 0.444. The lowest BCUT2D eigenvalue weighted by Crippen LogP contribution is -2.31. The van der Waals surface area contributed by atoms with Crippen molar-refractivity contribution in [3.8, 4) is 5.69 Å². The lowest BCUT2D eigenvalue weighted by molar-refractivity contribution is 0.453. The summed E-state index contributed by atoms with van der Waals surface area (Å²) in [7, 11) is 0. The van der Waals surface area contributed by atoms with E-state index in [1.807, 2.05) is 0 Å². The molecule has 1 heterocycles. The summed E-state index contributed by atoms with van der Waals surface area (Å²) in [5.41, 5.74) is 11.5. The summed E-state index contributed by atoms with van der Waals surface area (Å²) in [6, 6.07) is 13.4. The molecule has 0 saturated heterocycles. The van der Waals surface area contributed by atoms with Crippen molar-refractivity contribution in [1.82, 2.24) is 4.57 Å². The van der Waals surface area contributed by atoms with Gasteiger partial charge in [-0.15, -0.1) is 0 Å². The van der Waals surface area contributed by atoms with Crippen molar-refractivity contribution < 1.29 is 0 Å². The molecule has 1 aliphatic carbocycles. The number of hydrogen-bond donors (Lipinski definition) is 1. The van der Waals surface area contributed by atoms with Gasteiger partial charge in [-0.25, -0.2) is 0 Å². The van der Waals surface area contributed by atoms with E-state index in [9.17, 15) is 0 Å². The standard InChI is InChI=1S/C18H24N2/c1-14-5-6-15(2)20(14)17-9-7-16(8-10-17)18(13-19)11-3-4-12-18/h5-10H,3-4,11-13,19H2,1-2H3. The average Bonchev–Trinajstić information content (AvgIpc) is 3.07. The number of nitrogens with two attached hydrogens (primary N) is 1. The number of aromatic nitrogens is 1. The third-order valence-electron chi connectivity index (χ3n) is 4.96. The molecule has 0 aliphatic heterocycles. The van der Waals surface area contributed by atoms with Crippen LogP contribution in [0.4, 0.5) is 0 Å². The van der Waals surface area contributed by atoms with Gasteiger partial charge in [0.15, 0.2) is 0 Å². The van der Waals surface area contributed by atoms with Gasteiger partial charge in [0.1, 0.15) is 0 Å². The Hall–Kier alpha value is -1.54. The van der Waals surface area contributed by atoms with E-state index < -0.39 is 0 Å². The van der Waals surface area contributed by atoms with Crippen LogP contribution < -0.4 is 5.73 Å². The van der Waals surface area contributed by atoms with Crippen molar-refractivity contribution in [1.29, 1.82) is 0 Å². The van der Waals surface area contributed by atoms with Gasteiger partial charge >= 0.3 is 0 Å². The van der Waals surface area contributed by atoms with Gasteiger partial charge in [0.05, 0.1) is 0 Å². The Morgan fingerprint density at radius 1 is 0.950 bits per heavy atom. The normalized spacial score (nSPS) is 17.6. The first-order chi connectivity index (χ1) is 9.66. The highest BCUT2D eigenvalue weighted by Crippen LogP contribution is 2.40. The van der Waals surface area contributed by atoms with E-state index in [-0.39, 0.29) is 5.41 Å². The molecule has 20 heavy (non-hydrogen) atoms. The largest absolute Gasteiger partial charge is 0.330 e. The summed E-state index contributed by atoms with van der Waals surface area (Å²) in [5.74, 6) is 0. The molecule has 106 valence electrons. The molecule has 1 aromatic heterocycles. The molecule has 0 bridgehead atoms. The predicted octanol–water partition coefficient (Wildman–Crippen LogP) is 3.86. The number of nitrogens with zero attached hydrogens (tertiary/aromatic N) is 1. The van der Waals surface area contributed by atoms with Gasteiger partial charge in [0, 0.05) is 29.0 Å². The molecule has 1 aliphatic rings. The molecule has 0 spiro atoms. The fourth-order valence-corrected chi connectivity index (χ4v) is 3.70. The van der Waals surface area contributed by atoms with Crippen LogP contribution >= 0.6 is 0 Å². The third-order valence-corrected chi connectivity index (χ3v) is 4.96. The van der Waals surface area contributed by atoms with E-state index >= 15 is 0 Å². The molecule has 1 saturated carbocycles. The second-order valence-electron chi connectivity index (χ2n) is 6.19. The minimum Gasteiger partial charge on any atom is -0.330 e. The van der Waals surface area contributed by atoms with Crippen LogP contribution in [-0.4, -0.2) is 11.1 Å². The number of benzene rings is 1. The summed E-state index contributed by atoms with van der Waals surface area (Å²) in [5, 5.41) is 0. The minimum absolute atomic E-state index is 0.235. The van der Waals surface area contributed by atoms with E-state index in [0.29, 0.717) is 0 Å². The van der Waals surface area contributed by atoms with Crippen molar-refractivity contribution in [2.75, 3.05) is 6.54 Å². The maximum atomic E-state index is 6.08. The number of rotatable bonds is 3. The molecule has 2 heteroatoms. The van der Waals surface area contributed by atoms with E-state index in [1.54, 1.807) is 0 Å². The van der Waals surface area contributed by atoms with E-state index in [2.05, 4.69) is 54.8 Å². The molecule has 0 radical (unpaired) electrons. The Balaban J connectivity index is 1.96. The highest BCUT2D eigenvalue weighted by molar-refractivity contribution is 5.41. The Kier molecular flexibility index (Phi) is 3.43. The van der Waals surface area contributed by atoms with E-state index in [4.69, 9.17) is 5.73 Å². The van der Waals surface area contributed by atoms with Gasteiger partial charge < -0.3 is 10.3 Å². The van der Waals surface area contributed by atoms with Crippen molar-refractivity contribution in [3.63, 3.8) is 0 Å². The van der Waals surface area contributed by atoms with Crippen LogP contribution in [0.25, 0.3) is 5.69 Å². The number of aryl methyl sites for hydroxylation is 2. The maximum Gasteiger partial charge on any atom is 0.0455 e. The van der Waals surface area contributed by atoms with Crippen LogP contribution in [0, 0.1) is 13.8 Å². The van der Waals surface area contributed by atoms with Gasteiger partial charge in [-0.2, -0.15) is 0 Å². The van der Waals surface area contributed by atoms with Crippen LogP contribution in [0.5, 0.6) is 0 Å². The maximum absolute atomic E-state index is 6.08. The SMILES string of the molecule is Cc1ccc(C)n1-c1ccc(C2(CN)CCCC2)cc1. The number of hydrogen-bond acceptors (Lipinski definition) is 1. The topological polar surface area (TPSA) is 30.9 Å². The smallest absolute Gasteiger partial charge is 0.0455 e. The van der Waals surface area contributed by atoms with Crippen LogP contribution in [-0.2, 0) is 5.41 Å². The summed E-state index contributed by atoms with van der Waals surface area (Å²) < 4.78 is 2.30. The molecule has 1 fully saturated rings. The lowest BCUT2D eigenvalue weighted by atomic mass is 9.79. The summed E-state index contributed by atoms with van der Waals surface area (Å²) >= 11 is 0. The Labute approximate surface area is 121 Å². The highest BCUT2D eigenvalue weighted by atomic mass is 15.0. The second-order valence-corrected chi connectivity index (χ2v) is 6.19. The van der Waals surface area contributed by atoms with Gasteiger partial charge in [0.2, 0.25) is 0 Å². The van der Waals surface area contributed by atoms with Crippen LogP contribution in [0.3, 0.4) is 0 Å². The second kappa shape index (κ2) is 5.10. The first-order valence-electron chi connectivity index (χ1n) is 7.62. The van der Waals surface area contributed by atoms with Crippen LogP contribution in [0.15, 0.2) is 36.4 Å². The molecule has 2 aromatic rings. The third kappa shape index (κ3) is 2.08. The van der Waals surface area contributed by atoms with Crippen molar-refractivity contribution in [2.45, 2.75) is 44.9 Å². The Morgan fingerprint density at radius 2 is 1.50 bits per heavy atom. The molecular weight excluding hydrogens is 244 g/mol. The average molecular weight is 268 g/mol. The molecule has 1 aromatic carbocycles. The quantitative estimate of drug-likeness (QED) is 0.900. The van der Waals surface area contributed by atoms with Crippen molar-refractivity contribution >= 4 is 0 Å². The molecule has 3 rings (SSSR count). The molecular formula is C18H24N2. The zero-order valence-corrected chi connectivity index (χ0v) is 12.5.